The molecule has 0 bridgehead atoms. The Bertz CT molecular complexity index is 617. The summed E-state index contributed by atoms with van der Waals surface area (Å²) >= 11 is 6.16. The van der Waals surface area contributed by atoms with Crippen molar-refractivity contribution >= 4 is 11.6 Å². The molecule has 1 saturated carbocycles. The molecule has 112 valence electrons. The summed E-state index contributed by atoms with van der Waals surface area (Å²) in [5.41, 5.74) is 6.99. The molecule has 0 unspecified atom stereocenters. The van der Waals surface area contributed by atoms with Gasteiger partial charge in [-0.05, 0) is 43.2 Å². The van der Waals surface area contributed by atoms with Gasteiger partial charge in [0.15, 0.2) is 5.82 Å². The molecule has 2 aromatic rings. The van der Waals surface area contributed by atoms with E-state index < -0.39 is 5.54 Å². The number of benzene rings is 1. The fourth-order valence-electron chi connectivity index (χ4n) is 2.83. The average molecular weight is 306 g/mol. The van der Waals surface area contributed by atoms with Gasteiger partial charge in [-0.15, -0.1) is 0 Å². The Kier molecular flexibility index (Phi) is 4.00. The summed E-state index contributed by atoms with van der Waals surface area (Å²) < 4.78 is 5.43. The van der Waals surface area contributed by atoms with Crippen molar-refractivity contribution in [2.75, 3.05) is 0 Å². The molecule has 2 N–H and O–H groups in total. The Morgan fingerprint density at radius 3 is 2.76 bits per heavy atom. The molecule has 1 aliphatic rings. The van der Waals surface area contributed by atoms with Gasteiger partial charge in [0.2, 0.25) is 5.89 Å². The number of nitrogens with two attached hydrogens (primary N) is 1. The quantitative estimate of drug-likeness (QED) is 0.939. The summed E-state index contributed by atoms with van der Waals surface area (Å²) in [6.45, 7) is 2.26. The van der Waals surface area contributed by atoms with Gasteiger partial charge in [0.1, 0.15) is 0 Å². The first-order valence-electron chi connectivity index (χ1n) is 7.42. The number of halogens is 1. The minimum absolute atomic E-state index is 0.460. The highest BCUT2D eigenvalue weighted by Crippen LogP contribution is 2.36. The predicted molar refractivity (Wildman–Crippen MR) is 82.1 cm³/mol. The fourth-order valence-corrected chi connectivity index (χ4v) is 3.03. The summed E-state index contributed by atoms with van der Waals surface area (Å²) in [4.78, 5) is 4.51. The normalized spacial score (nSPS) is 26.0. The zero-order valence-electron chi connectivity index (χ0n) is 12.2. The van der Waals surface area contributed by atoms with Crippen molar-refractivity contribution in [2.24, 2.45) is 11.7 Å². The number of hydrogen-bond acceptors (Lipinski definition) is 4. The highest BCUT2D eigenvalue weighted by molar-refractivity contribution is 6.31. The van der Waals surface area contributed by atoms with E-state index in [4.69, 9.17) is 21.9 Å². The lowest BCUT2D eigenvalue weighted by atomic mass is 9.78. The lowest BCUT2D eigenvalue weighted by molar-refractivity contribution is 0.190. The monoisotopic (exact) mass is 305 g/mol. The standard InChI is InChI=1S/C16H20ClN3O/c1-11-6-8-16(18,9-7-11)15-19-14(20-21-15)10-12-4-2-3-5-13(12)17/h2-5,11H,6-10,18H2,1H3. The molecule has 0 aliphatic heterocycles. The predicted octanol–water partition coefficient (Wildman–Crippen LogP) is 3.68. The maximum atomic E-state index is 6.46. The van der Waals surface area contributed by atoms with Gasteiger partial charge in [0.05, 0.1) is 5.54 Å². The first kappa shape index (κ1) is 14.5. The van der Waals surface area contributed by atoms with E-state index in [0.717, 1.165) is 42.2 Å². The molecular formula is C16H20ClN3O. The Hall–Kier alpha value is -1.39. The Labute approximate surface area is 129 Å². The molecule has 21 heavy (non-hydrogen) atoms. The van der Waals surface area contributed by atoms with E-state index >= 15 is 0 Å². The Morgan fingerprint density at radius 1 is 1.33 bits per heavy atom. The van der Waals surface area contributed by atoms with Crippen LogP contribution in [0.15, 0.2) is 28.8 Å². The zero-order valence-corrected chi connectivity index (χ0v) is 12.9. The second-order valence-corrected chi connectivity index (χ2v) is 6.53. The van der Waals surface area contributed by atoms with E-state index in [0.29, 0.717) is 18.1 Å². The molecule has 0 atom stereocenters. The van der Waals surface area contributed by atoms with Gasteiger partial charge >= 0.3 is 0 Å². The summed E-state index contributed by atoms with van der Waals surface area (Å²) in [5.74, 6) is 1.94. The van der Waals surface area contributed by atoms with Crippen LogP contribution in [0.5, 0.6) is 0 Å². The van der Waals surface area contributed by atoms with Gasteiger partial charge in [-0.1, -0.05) is 41.9 Å². The van der Waals surface area contributed by atoms with Crippen LogP contribution in [-0.4, -0.2) is 10.1 Å². The van der Waals surface area contributed by atoms with E-state index in [1.165, 1.54) is 0 Å². The third kappa shape index (κ3) is 3.11. The summed E-state index contributed by atoms with van der Waals surface area (Å²) in [6.07, 6.45) is 4.59. The number of aromatic nitrogens is 2. The van der Waals surface area contributed by atoms with E-state index in [1.54, 1.807) is 0 Å². The number of nitrogens with zero attached hydrogens (tertiary/aromatic N) is 2. The van der Waals surface area contributed by atoms with Crippen molar-refractivity contribution in [1.29, 1.82) is 0 Å². The highest BCUT2D eigenvalue weighted by Gasteiger charge is 2.37. The lowest BCUT2D eigenvalue weighted by Crippen LogP contribution is -2.40. The molecule has 1 aliphatic carbocycles. The van der Waals surface area contributed by atoms with Gasteiger partial charge in [0, 0.05) is 11.4 Å². The van der Waals surface area contributed by atoms with Gasteiger partial charge in [-0.25, -0.2) is 0 Å². The van der Waals surface area contributed by atoms with Crippen molar-refractivity contribution in [3.63, 3.8) is 0 Å². The van der Waals surface area contributed by atoms with Gasteiger partial charge < -0.3 is 10.3 Å². The Balaban J connectivity index is 1.76. The molecule has 1 aromatic heterocycles. The molecule has 3 rings (SSSR count). The fraction of sp³-hybridized carbons (Fsp3) is 0.500. The number of rotatable bonds is 3. The maximum Gasteiger partial charge on any atom is 0.246 e. The van der Waals surface area contributed by atoms with Crippen molar-refractivity contribution < 1.29 is 4.52 Å². The van der Waals surface area contributed by atoms with Crippen LogP contribution in [-0.2, 0) is 12.0 Å². The largest absolute Gasteiger partial charge is 0.337 e. The molecule has 5 heteroatoms. The van der Waals surface area contributed by atoms with E-state index in [1.807, 2.05) is 24.3 Å². The van der Waals surface area contributed by atoms with E-state index in [9.17, 15) is 0 Å². The van der Waals surface area contributed by atoms with E-state index in [2.05, 4.69) is 17.1 Å². The van der Waals surface area contributed by atoms with Crippen molar-refractivity contribution in [3.8, 4) is 0 Å². The molecular weight excluding hydrogens is 286 g/mol. The molecule has 0 saturated heterocycles. The van der Waals surface area contributed by atoms with Gasteiger partial charge in [-0.2, -0.15) is 4.98 Å². The second-order valence-electron chi connectivity index (χ2n) is 6.12. The Morgan fingerprint density at radius 2 is 2.05 bits per heavy atom. The summed E-state index contributed by atoms with van der Waals surface area (Å²) in [5, 5.41) is 4.79. The van der Waals surface area contributed by atoms with Crippen LogP contribution in [0.1, 0.15) is 49.9 Å². The molecule has 1 heterocycles. The summed E-state index contributed by atoms with van der Waals surface area (Å²) in [6, 6.07) is 7.70. The topological polar surface area (TPSA) is 64.9 Å². The van der Waals surface area contributed by atoms with Crippen molar-refractivity contribution in [3.05, 3.63) is 46.6 Å². The van der Waals surface area contributed by atoms with Crippen LogP contribution in [0.2, 0.25) is 5.02 Å². The van der Waals surface area contributed by atoms with Crippen LogP contribution >= 0.6 is 11.6 Å². The van der Waals surface area contributed by atoms with Crippen molar-refractivity contribution in [2.45, 2.75) is 44.6 Å². The third-order valence-corrected chi connectivity index (χ3v) is 4.74. The first-order chi connectivity index (χ1) is 10.1. The van der Waals surface area contributed by atoms with Crippen LogP contribution in [0.3, 0.4) is 0 Å². The molecule has 0 spiro atoms. The van der Waals surface area contributed by atoms with Crippen LogP contribution < -0.4 is 5.73 Å². The van der Waals surface area contributed by atoms with Crippen LogP contribution in [0, 0.1) is 5.92 Å². The second kappa shape index (κ2) is 5.78. The van der Waals surface area contributed by atoms with Gasteiger partial charge in [0.25, 0.3) is 0 Å². The number of hydrogen-bond donors (Lipinski definition) is 1. The maximum absolute atomic E-state index is 6.46. The highest BCUT2D eigenvalue weighted by atomic mass is 35.5. The molecule has 4 nitrogen and oxygen atoms in total. The molecule has 1 aromatic carbocycles. The molecule has 0 amide bonds. The smallest absolute Gasteiger partial charge is 0.246 e. The molecule has 0 radical (unpaired) electrons. The SMILES string of the molecule is CC1CCC(N)(c2nc(Cc3ccccc3Cl)no2)CC1. The van der Waals surface area contributed by atoms with E-state index in [-0.39, 0.29) is 0 Å². The minimum Gasteiger partial charge on any atom is -0.337 e. The first-order valence-corrected chi connectivity index (χ1v) is 7.80. The minimum atomic E-state index is -0.460. The van der Waals surface area contributed by atoms with Crippen LogP contribution in [0.4, 0.5) is 0 Å². The molecule has 1 fully saturated rings. The average Bonchev–Trinajstić information content (AvgIpc) is 2.94. The zero-order chi connectivity index (χ0) is 14.9. The lowest BCUT2D eigenvalue weighted by Gasteiger charge is -2.32. The third-order valence-electron chi connectivity index (χ3n) is 4.37. The summed E-state index contributed by atoms with van der Waals surface area (Å²) in [7, 11) is 0. The van der Waals surface area contributed by atoms with Crippen LogP contribution in [0.25, 0.3) is 0 Å². The van der Waals surface area contributed by atoms with Crippen molar-refractivity contribution in [1.82, 2.24) is 10.1 Å². The van der Waals surface area contributed by atoms with Gasteiger partial charge in [-0.3, -0.25) is 0 Å².